The standard InChI is InChI=1S/C24H20ClN3O5/c25-15-8-17-23(28-24(27-17)33-20-11-32-21-19(30)10-31-22(20)21)26-16(15)9-18(29)14-6-5-12-3-1-2-4-13(12)7-14/h1-8,19-22,30H,9-11H2,(H,26,27,28)/t19-,20-,21-,22-/m1/s1. The van der Waals surface area contributed by atoms with E-state index in [1.54, 1.807) is 6.07 Å². The Labute approximate surface area is 193 Å². The molecule has 0 spiro atoms. The highest BCUT2D eigenvalue weighted by Crippen LogP contribution is 2.30. The number of hydrogen-bond donors (Lipinski definition) is 2. The molecule has 2 N–H and O–H groups in total. The Morgan fingerprint density at radius 1 is 1.09 bits per heavy atom. The maximum absolute atomic E-state index is 12.9. The van der Waals surface area contributed by atoms with Crippen LogP contribution in [-0.4, -0.2) is 63.5 Å². The van der Waals surface area contributed by atoms with Crippen LogP contribution >= 0.6 is 11.6 Å². The predicted octanol–water partition coefficient (Wildman–Crippen LogP) is 3.10. The van der Waals surface area contributed by atoms with Crippen LogP contribution in [0.1, 0.15) is 16.1 Å². The maximum atomic E-state index is 12.9. The van der Waals surface area contributed by atoms with E-state index in [1.807, 2.05) is 42.5 Å². The molecule has 4 heterocycles. The van der Waals surface area contributed by atoms with Crippen LogP contribution in [-0.2, 0) is 15.9 Å². The lowest BCUT2D eigenvalue weighted by Crippen LogP contribution is -2.34. The average molecular weight is 466 g/mol. The first-order valence-electron chi connectivity index (χ1n) is 10.7. The van der Waals surface area contributed by atoms with Crippen molar-refractivity contribution < 1.29 is 24.1 Å². The van der Waals surface area contributed by atoms with E-state index >= 15 is 0 Å². The van der Waals surface area contributed by atoms with Gasteiger partial charge in [-0.1, -0.05) is 48.0 Å². The van der Waals surface area contributed by atoms with Gasteiger partial charge in [-0.15, -0.1) is 0 Å². The minimum Gasteiger partial charge on any atom is -0.456 e. The van der Waals surface area contributed by atoms with E-state index in [1.165, 1.54) is 0 Å². The first-order valence-corrected chi connectivity index (χ1v) is 11.1. The number of aliphatic hydroxyl groups is 1. The molecule has 6 rings (SSSR count). The number of aromatic amines is 1. The minimum absolute atomic E-state index is 0.0577. The molecule has 2 aliphatic heterocycles. The van der Waals surface area contributed by atoms with E-state index in [0.717, 1.165) is 10.8 Å². The number of ketones is 1. The smallest absolute Gasteiger partial charge is 0.296 e. The normalized spacial score (nSPS) is 24.4. The molecule has 2 fully saturated rings. The van der Waals surface area contributed by atoms with Crippen molar-refractivity contribution in [3.05, 3.63) is 64.8 Å². The third kappa shape index (κ3) is 3.75. The first-order chi connectivity index (χ1) is 16.0. The molecule has 0 bridgehead atoms. The lowest BCUT2D eigenvalue weighted by molar-refractivity contribution is 0.00706. The van der Waals surface area contributed by atoms with Crippen LogP contribution in [0.3, 0.4) is 0 Å². The second kappa shape index (κ2) is 8.07. The molecule has 0 aliphatic carbocycles. The van der Waals surface area contributed by atoms with E-state index < -0.39 is 12.2 Å². The molecule has 4 atom stereocenters. The number of hydrogen-bond acceptors (Lipinski definition) is 7. The zero-order valence-corrected chi connectivity index (χ0v) is 18.2. The third-order valence-electron chi connectivity index (χ3n) is 6.12. The van der Waals surface area contributed by atoms with E-state index in [4.69, 9.17) is 25.8 Å². The fraction of sp³-hybridized carbons (Fsp3) is 0.292. The summed E-state index contributed by atoms with van der Waals surface area (Å²) in [7, 11) is 0. The molecule has 2 aliphatic rings. The van der Waals surface area contributed by atoms with Crippen LogP contribution in [0, 0.1) is 0 Å². The Morgan fingerprint density at radius 3 is 2.79 bits per heavy atom. The third-order valence-corrected chi connectivity index (χ3v) is 6.45. The second-order valence-electron chi connectivity index (χ2n) is 8.31. The fourth-order valence-corrected chi connectivity index (χ4v) is 4.64. The van der Waals surface area contributed by atoms with Crippen molar-refractivity contribution in [2.75, 3.05) is 13.2 Å². The molecular weight excluding hydrogens is 446 g/mol. The zero-order chi connectivity index (χ0) is 22.5. The number of aliphatic hydroxyl groups excluding tert-OH is 1. The van der Waals surface area contributed by atoms with Gasteiger partial charge in [0.05, 0.1) is 35.9 Å². The van der Waals surface area contributed by atoms with E-state index in [0.29, 0.717) is 34.1 Å². The van der Waals surface area contributed by atoms with Crippen LogP contribution in [0.25, 0.3) is 21.9 Å². The Bertz CT molecular complexity index is 1370. The number of ether oxygens (including phenoxy) is 3. The van der Waals surface area contributed by atoms with Gasteiger partial charge < -0.3 is 24.3 Å². The van der Waals surface area contributed by atoms with Crippen molar-refractivity contribution in [3.8, 4) is 6.01 Å². The molecular formula is C24H20ClN3O5. The van der Waals surface area contributed by atoms with Gasteiger partial charge in [-0.05, 0) is 22.9 Å². The van der Waals surface area contributed by atoms with Gasteiger partial charge >= 0.3 is 0 Å². The van der Waals surface area contributed by atoms with Gasteiger partial charge in [-0.3, -0.25) is 4.79 Å². The highest BCUT2D eigenvalue weighted by molar-refractivity contribution is 6.32. The largest absolute Gasteiger partial charge is 0.456 e. The van der Waals surface area contributed by atoms with Crippen molar-refractivity contribution in [2.24, 2.45) is 0 Å². The number of nitrogens with one attached hydrogen (secondary N) is 1. The number of rotatable bonds is 5. The Kier molecular flexibility index (Phi) is 5.03. The average Bonchev–Trinajstić information content (AvgIpc) is 3.50. The molecule has 9 heteroatoms. The summed E-state index contributed by atoms with van der Waals surface area (Å²) in [6.07, 6.45) is -1.72. The number of aromatic nitrogens is 3. The number of carbonyl (C=O) groups excluding carboxylic acids is 1. The molecule has 2 saturated heterocycles. The number of benzene rings is 2. The van der Waals surface area contributed by atoms with Crippen LogP contribution in [0.15, 0.2) is 48.5 Å². The summed E-state index contributed by atoms with van der Waals surface area (Å²) in [6, 6.07) is 15.5. The van der Waals surface area contributed by atoms with E-state index in [-0.39, 0.29) is 37.0 Å². The summed E-state index contributed by atoms with van der Waals surface area (Å²) in [6.45, 7) is 0.518. The van der Waals surface area contributed by atoms with Gasteiger partial charge in [0, 0.05) is 5.56 Å². The predicted molar refractivity (Wildman–Crippen MR) is 121 cm³/mol. The molecule has 33 heavy (non-hydrogen) atoms. The number of Topliss-reactive ketones (excluding diaryl/α,β-unsaturated/α-hetero) is 1. The molecule has 168 valence electrons. The van der Waals surface area contributed by atoms with Gasteiger partial charge in [0.15, 0.2) is 17.5 Å². The van der Waals surface area contributed by atoms with Crippen molar-refractivity contribution >= 4 is 39.3 Å². The first kappa shape index (κ1) is 20.6. The fourth-order valence-electron chi connectivity index (χ4n) is 4.42. The van der Waals surface area contributed by atoms with E-state index in [2.05, 4.69) is 15.0 Å². The SMILES string of the molecule is O=C(Cc1nc2nc(O[C@@H]3CO[C@H]4[C@@H]3OC[C@H]4O)[nH]c2cc1Cl)c1ccc2ccccc2c1. The Hall–Kier alpha value is -3.04. The van der Waals surface area contributed by atoms with Crippen LogP contribution in [0.4, 0.5) is 0 Å². The number of nitrogens with zero attached hydrogens (tertiary/aromatic N) is 2. The highest BCUT2D eigenvalue weighted by atomic mass is 35.5. The monoisotopic (exact) mass is 465 g/mol. The quantitative estimate of drug-likeness (QED) is 0.436. The molecule has 2 aromatic carbocycles. The molecule has 2 aromatic heterocycles. The Morgan fingerprint density at radius 2 is 1.91 bits per heavy atom. The second-order valence-corrected chi connectivity index (χ2v) is 8.72. The lowest BCUT2D eigenvalue weighted by Gasteiger charge is -2.15. The van der Waals surface area contributed by atoms with Crippen LogP contribution < -0.4 is 4.74 Å². The number of fused-ring (bicyclic) bond motifs is 3. The van der Waals surface area contributed by atoms with Gasteiger partial charge in [0.25, 0.3) is 6.01 Å². The number of halogens is 1. The molecule has 4 aromatic rings. The summed E-state index contributed by atoms with van der Waals surface area (Å²) in [5, 5.41) is 12.3. The van der Waals surface area contributed by atoms with Gasteiger partial charge in [-0.25, -0.2) is 4.98 Å². The number of carbonyl (C=O) groups is 1. The van der Waals surface area contributed by atoms with Crippen molar-refractivity contribution in [3.63, 3.8) is 0 Å². The summed E-state index contributed by atoms with van der Waals surface area (Å²) in [5.41, 5.74) is 2.05. The van der Waals surface area contributed by atoms with Gasteiger partial charge in [0.2, 0.25) is 0 Å². The topological polar surface area (TPSA) is 107 Å². The molecule has 0 saturated carbocycles. The number of pyridine rings is 1. The minimum atomic E-state index is -0.651. The van der Waals surface area contributed by atoms with Crippen molar-refractivity contribution in [1.29, 1.82) is 0 Å². The lowest BCUT2D eigenvalue weighted by atomic mass is 10.0. The summed E-state index contributed by atoms with van der Waals surface area (Å²) < 4.78 is 17.1. The maximum Gasteiger partial charge on any atom is 0.296 e. The summed E-state index contributed by atoms with van der Waals surface area (Å²) in [4.78, 5) is 24.9. The highest BCUT2D eigenvalue weighted by Gasteiger charge is 2.48. The number of imidazole rings is 1. The summed E-state index contributed by atoms with van der Waals surface area (Å²) >= 11 is 6.43. The van der Waals surface area contributed by atoms with Crippen molar-refractivity contribution in [1.82, 2.24) is 15.0 Å². The molecule has 0 radical (unpaired) electrons. The van der Waals surface area contributed by atoms with E-state index in [9.17, 15) is 9.90 Å². The van der Waals surface area contributed by atoms with Crippen LogP contribution in [0.5, 0.6) is 6.01 Å². The van der Waals surface area contributed by atoms with Gasteiger partial charge in [0.1, 0.15) is 18.3 Å². The molecule has 0 unspecified atom stereocenters. The Balaban J connectivity index is 1.22. The van der Waals surface area contributed by atoms with Crippen molar-refractivity contribution in [2.45, 2.75) is 30.8 Å². The molecule has 0 amide bonds. The number of H-pyrrole nitrogens is 1. The van der Waals surface area contributed by atoms with Gasteiger partial charge in [-0.2, -0.15) is 4.98 Å². The van der Waals surface area contributed by atoms with Crippen LogP contribution in [0.2, 0.25) is 5.02 Å². The zero-order valence-electron chi connectivity index (χ0n) is 17.4. The molecule has 8 nitrogen and oxygen atoms in total. The summed E-state index contributed by atoms with van der Waals surface area (Å²) in [5.74, 6) is -0.0763.